The largest absolute Gasteiger partial charge is 0.361 e. The monoisotopic (exact) mass is 307 g/mol. The van der Waals surface area contributed by atoms with Crippen LogP contribution in [-0.2, 0) is 11.2 Å². The maximum absolute atomic E-state index is 12.2. The second-order valence-electron chi connectivity index (χ2n) is 5.11. The summed E-state index contributed by atoms with van der Waals surface area (Å²) >= 11 is 1.49. The Hall–Kier alpha value is -2.66. The molecule has 0 unspecified atom stereocenters. The lowest BCUT2D eigenvalue weighted by atomic mass is 10.1. The van der Waals surface area contributed by atoms with Crippen molar-refractivity contribution in [2.75, 3.05) is 5.32 Å². The summed E-state index contributed by atoms with van der Waals surface area (Å²) in [5, 5.41) is 4.65. The van der Waals surface area contributed by atoms with Crippen LogP contribution in [0.5, 0.6) is 0 Å². The first-order chi connectivity index (χ1) is 10.8. The lowest BCUT2D eigenvalue weighted by molar-refractivity contribution is -0.115. The molecule has 22 heavy (non-hydrogen) atoms. The topological polar surface area (TPSA) is 57.8 Å². The van der Waals surface area contributed by atoms with Gasteiger partial charge in [0.15, 0.2) is 5.13 Å². The van der Waals surface area contributed by atoms with Crippen LogP contribution in [0.4, 0.5) is 5.13 Å². The van der Waals surface area contributed by atoms with E-state index in [9.17, 15) is 4.79 Å². The first-order valence-electron chi connectivity index (χ1n) is 6.99. The van der Waals surface area contributed by atoms with Gasteiger partial charge in [0.05, 0.1) is 16.6 Å². The van der Waals surface area contributed by atoms with Crippen LogP contribution in [0.3, 0.4) is 0 Å². The highest BCUT2D eigenvalue weighted by molar-refractivity contribution is 7.22. The molecule has 2 heterocycles. The molecule has 0 fully saturated rings. The van der Waals surface area contributed by atoms with E-state index in [1.165, 1.54) is 11.3 Å². The third-order valence-corrected chi connectivity index (χ3v) is 4.47. The summed E-state index contributed by atoms with van der Waals surface area (Å²) in [5.41, 5.74) is 2.98. The number of hydrogen-bond acceptors (Lipinski definition) is 3. The van der Waals surface area contributed by atoms with Crippen LogP contribution in [-0.4, -0.2) is 15.9 Å². The Morgan fingerprint density at radius 2 is 2.09 bits per heavy atom. The van der Waals surface area contributed by atoms with Crippen LogP contribution in [0.25, 0.3) is 21.1 Å². The average molecular weight is 307 g/mol. The smallest absolute Gasteiger partial charge is 0.230 e. The molecule has 0 aliphatic rings. The molecule has 0 spiro atoms. The molecule has 2 N–H and O–H groups in total. The first kappa shape index (κ1) is 13.0. The molecule has 0 saturated heterocycles. The van der Waals surface area contributed by atoms with Crippen molar-refractivity contribution in [3.05, 3.63) is 60.3 Å². The number of fused-ring (bicyclic) bond motifs is 2. The van der Waals surface area contributed by atoms with E-state index in [0.29, 0.717) is 11.6 Å². The highest BCUT2D eigenvalue weighted by Gasteiger charge is 2.09. The molecule has 2 aromatic heterocycles. The van der Waals surface area contributed by atoms with Crippen molar-refractivity contribution in [1.82, 2.24) is 9.97 Å². The second-order valence-corrected chi connectivity index (χ2v) is 6.14. The van der Waals surface area contributed by atoms with Gasteiger partial charge in [-0.05, 0) is 41.3 Å². The Balaban J connectivity index is 1.51. The summed E-state index contributed by atoms with van der Waals surface area (Å²) in [6.45, 7) is 0. The zero-order chi connectivity index (χ0) is 14.9. The van der Waals surface area contributed by atoms with Crippen molar-refractivity contribution in [2.24, 2.45) is 0 Å². The van der Waals surface area contributed by atoms with Crippen molar-refractivity contribution in [3.8, 4) is 0 Å². The molecular weight excluding hydrogens is 294 g/mol. The third kappa shape index (κ3) is 2.46. The summed E-state index contributed by atoms with van der Waals surface area (Å²) in [6, 6.07) is 15.9. The third-order valence-electron chi connectivity index (χ3n) is 3.52. The van der Waals surface area contributed by atoms with Gasteiger partial charge in [-0.1, -0.05) is 29.5 Å². The number of rotatable bonds is 3. The molecule has 0 radical (unpaired) electrons. The molecule has 0 saturated carbocycles. The number of H-pyrrole nitrogens is 1. The highest BCUT2D eigenvalue weighted by Crippen LogP contribution is 2.25. The number of aromatic amines is 1. The van der Waals surface area contributed by atoms with Crippen molar-refractivity contribution in [1.29, 1.82) is 0 Å². The van der Waals surface area contributed by atoms with Gasteiger partial charge in [-0.2, -0.15) is 0 Å². The number of nitrogens with zero attached hydrogens (tertiary/aromatic N) is 1. The maximum Gasteiger partial charge on any atom is 0.230 e. The van der Waals surface area contributed by atoms with E-state index in [-0.39, 0.29) is 5.91 Å². The van der Waals surface area contributed by atoms with Gasteiger partial charge < -0.3 is 10.3 Å². The van der Waals surface area contributed by atoms with Crippen molar-refractivity contribution in [3.63, 3.8) is 0 Å². The highest BCUT2D eigenvalue weighted by atomic mass is 32.1. The van der Waals surface area contributed by atoms with E-state index < -0.39 is 0 Å². The van der Waals surface area contributed by atoms with Crippen LogP contribution in [0.1, 0.15) is 5.56 Å². The quantitative estimate of drug-likeness (QED) is 0.602. The van der Waals surface area contributed by atoms with Gasteiger partial charge >= 0.3 is 0 Å². The van der Waals surface area contributed by atoms with Gasteiger partial charge in [-0.25, -0.2) is 4.98 Å². The Kier molecular flexibility index (Phi) is 3.12. The fourth-order valence-electron chi connectivity index (χ4n) is 2.49. The zero-order valence-corrected chi connectivity index (χ0v) is 12.5. The molecule has 0 bridgehead atoms. The minimum atomic E-state index is -0.0473. The minimum Gasteiger partial charge on any atom is -0.361 e. The number of carbonyl (C=O) groups is 1. The Morgan fingerprint density at radius 3 is 3.00 bits per heavy atom. The van der Waals surface area contributed by atoms with E-state index in [1.54, 1.807) is 0 Å². The summed E-state index contributed by atoms with van der Waals surface area (Å²) in [7, 11) is 0. The number of aromatic nitrogens is 2. The Labute approximate surface area is 130 Å². The second kappa shape index (κ2) is 5.27. The lowest BCUT2D eigenvalue weighted by Crippen LogP contribution is -2.14. The SMILES string of the molecule is O=C(Cc1ccc2[nH]ccc2c1)Nc1nc2ccccc2s1. The van der Waals surface area contributed by atoms with Crippen LogP contribution < -0.4 is 5.32 Å². The van der Waals surface area contributed by atoms with Gasteiger partial charge in [-0.3, -0.25) is 4.79 Å². The maximum atomic E-state index is 12.2. The predicted octanol–water partition coefficient (Wildman–Crippen LogP) is 3.96. The molecule has 108 valence electrons. The normalized spacial score (nSPS) is 11.1. The molecule has 0 atom stereocenters. The lowest BCUT2D eigenvalue weighted by Gasteiger charge is -2.02. The standard InChI is InChI=1S/C17H13N3OS/c21-16(10-11-5-6-13-12(9-11)7-8-18-13)20-17-19-14-3-1-2-4-15(14)22-17/h1-9,18H,10H2,(H,19,20,21). The fraction of sp³-hybridized carbons (Fsp3) is 0.0588. The molecular formula is C17H13N3OS. The zero-order valence-electron chi connectivity index (χ0n) is 11.7. The molecule has 0 aliphatic carbocycles. The summed E-state index contributed by atoms with van der Waals surface area (Å²) in [5.74, 6) is -0.0473. The van der Waals surface area contributed by atoms with Crippen molar-refractivity contribution < 1.29 is 4.79 Å². The Morgan fingerprint density at radius 1 is 1.18 bits per heavy atom. The number of para-hydroxylation sites is 1. The molecule has 5 heteroatoms. The minimum absolute atomic E-state index is 0.0473. The fourth-order valence-corrected chi connectivity index (χ4v) is 3.37. The van der Waals surface area contributed by atoms with Crippen molar-refractivity contribution in [2.45, 2.75) is 6.42 Å². The van der Waals surface area contributed by atoms with Gasteiger partial charge in [0.25, 0.3) is 0 Å². The number of nitrogens with one attached hydrogen (secondary N) is 2. The summed E-state index contributed by atoms with van der Waals surface area (Å²) < 4.78 is 1.08. The van der Waals surface area contributed by atoms with E-state index >= 15 is 0 Å². The van der Waals surface area contributed by atoms with Crippen LogP contribution in [0.15, 0.2) is 54.7 Å². The molecule has 1 amide bonds. The van der Waals surface area contributed by atoms with E-state index in [4.69, 9.17) is 0 Å². The number of amides is 1. The van der Waals surface area contributed by atoms with Gasteiger partial charge in [-0.15, -0.1) is 0 Å². The van der Waals surface area contributed by atoms with E-state index in [0.717, 1.165) is 26.7 Å². The van der Waals surface area contributed by atoms with Crippen LogP contribution in [0, 0.1) is 0 Å². The van der Waals surface area contributed by atoms with Crippen molar-refractivity contribution >= 4 is 43.5 Å². The van der Waals surface area contributed by atoms with E-state index in [1.807, 2.05) is 54.7 Å². The number of hydrogen-bond donors (Lipinski definition) is 2. The van der Waals surface area contributed by atoms with Gasteiger partial charge in [0.1, 0.15) is 0 Å². The number of carbonyl (C=O) groups excluding carboxylic acids is 1. The molecule has 4 nitrogen and oxygen atoms in total. The number of anilines is 1. The van der Waals surface area contributed by atoms with Crippen LogP contribution in [0.2, 0.25) is 0 Å². The molecule has 0 aliphatic heterocycles. The molecule has 4 aromatic rings. The predicted molar refractivity (Wildman–Crippen MR) is 90.3 cm³/mol. The Bertz CT molecular complexity index is 931. The van der Waals surface area contributed by atoms with Gasteiger partial charge in [0, 0.05) is 11.7 Å². The first-order valence-corrected chi connectivity index (χ1v) is 7.81. The number of benzene rings is 2. The van der Waals surface area contributed by atoms with Gasteiger partial charge in [0.2, 0.25) is 5.91 Å². The summed E-state index contributed by atoms with van der Waals surface area (Å²) in [6.07, 6.45) is 2.24. The molecule has 4 rings (SSSR count). The van der Waals surface area contributed by atoms with Crippen LogP contribution >= 0.6 is 11.3 Å². The number of thiazole rings is 1. The molecule has 2 aromatic carbocycles. The van der Waals surface area contributed by atoms with E-state index in [2.05, 4.69) is 15.3 Å². The summed E-state index contributed by atoms with van der Waals surface area (Å²) in [4.78, 5) is 19.7. The average Bonchev–Trinajstić information content (AvgIpc) is 3.11.